The van der Waals surface area contributed by atoms with E-state index in [1.54, 1.807) is 18.5 Å². The molecule has 0 fully saturated rings. The van der Waals surface area contributed by atoms with Gasteiger partial charge >= 0.3 is 0 Å². The molecule has 0 bridgehead atoms. The van der Waals surface area contributed by atoms with Crippen molar-refractivity contribution in [2.75, 3.05) is 7.05 Å². The first-order chi connectivity index (χ1) is 9.60. The van der Waals surface area contributed by atoms with Crippen LogP contribution in [0.2, 0.25) is 0 Å². The molecule has 0 aliphatic carbocycles. The lowest BCUT2D eigenvalue weighted by atomic mass is 10.2. The predicted molar refractivity (Wildman–Crippen MR) is 74.9 cm³/mol. The molecule has 0 radical (unpaired) electrons. The standard InChI is InChI=1S/C14H15N3O3/c1-10-3-4-12(17(18)19)6-14(10)20-13-5-11(7-15-2)8-16-9-13/h3-6,8-9,15H,7H2,1-2H3. The number of pyridine rings is 1. The smallest absolute Gasteiger partial charge is 0.273 e. The Labute approximate surface area is 116 Å². The van der Waals surface area contributed by atoms with E-state index in [1.807, 2.05) is 20.0 Å². The Kier molecular flexibility index (Phi) is 4.27. The number of nitro groups is 1. The average molecular weight is 273 g/mol. The number of nitrogens with one attached hydrogen (secondary N) is 1. The summed E-state index contributed by atoms with van der Waals surface area (Å²) in [6, 6.07) is 6.39. The van der Waals surface area contributed by atoms with Gasteiger partial charge in [0.1, 0.15) is 11.5 Å². The normalized spacial score (nSPS) is 10.3. The fourth-order valence-electron chi connectivity index (χ4n) is 1.76. The number of hydrogen-bond acceptors (Lipinski definition) is 5. The minimum Gasteiger partial charge on any atom is -0.455 e. The lowest BCUT2D eigenvalue weighted by Crippen LogP contribution is -2.05. The van der Waals surface area contributed by atoms with E-state index in [0.717, 1.165) is 11.1 Å². The number of nitro benzene ring substituents is 1. The predicted octanol–water partition coefficient (Wildman–Crippen LogP) is 2.81. The summed E-state index contributed by atoms with van der Waals surface area (Å²) in [5.41, 5.74) is 1.81. The summed E-state index contributed by atoms with van der Waals surface area (Å²) in [5, 5.41) is 13.8. The molecule has 0 atom stereocenters. The van der Waals surface area contributed by atoms with Crippen LogP contribution < -0.4 is 10.1 Å². The first kappa shape index (κ1) is 14.0. The highest BCUT2D eigenvalue weighted by molar-refractivity contribution is 5.45. The van der Waals surface area contributed by atoms with Gasteiger partial charge in [0.25, 0.3) is 5.69 Å². The molecule has 1 heterocycles. The molecular formula is C14H15N3O3. The molecule has 0 saturated heterocycles. The highest BCUT2D eigenvalue weighted by atomic mass is 16.6. The van der Waals surface area contributed by atoms with Gasteiger partial charge in [-0.15, -0.1) is 0 Å². The van der Waals surface area contributed by atoms with Gasteiger partial charge in [-0.05, 0) is 37.2 Å². The summed E-state index contributed by atoms with van der Waals surface area (Å²) in [6.45, 7) is 2.52. The Morgan fingerprint density at radius 1 is 1.35 bits per heavy atom. The second kappa shape index (κ2) is 6.12. The molecule has 2 rings (SSSR count). The minimum atomic E-state index is -0.442. The van der Waals surface area contributed by atoms with Crippen molar-refractivity contribution in [3.8, 4) is 11.5 Å². The van der Waals surface area contributed by atoms with Crippen molar-refractivity contribution in [2.45, 2.75) is 13.5 Å². The Morgan fingerprint density at radius 3 is 2.85 bits per heavy atom. The molecule has 0 amide bonds. The number of aryl methyl sites for hydroxylation is 1. The zero-order valence-electron chi connectivity index (χ0n) is 11.3. The van der Waals surface area contributed by atoms with E-state index in [0.29, 0.717) is 18.0 Å². The van der Waals surface area contributed by atoms with E-state index < -0.39 is 4.92 Å². The Morgan fingerprint density at radius 2 is 2.15 bits per heavy atom. The quantitative estimate of drug-likeness (QED) is 0.669. The zero-order valence-corrected chi connectivity index (χ0v) is 11.3. The molecule has 1 N–H and O–H groups in total. The number of rotatable bonds is 5. The van der Waals surface area contributed by atoms with E-state index in [4.69, 9.17) is 4.74 Å². The Balaban J connectivity index is 2.27. The van der Waals surface area contributed by atoms with Crippen LogP contribution in [-0.4, -0.2) is 17.0 Å². The largest absolute Gasteiger partial charge is 0.455 e. The summed E-state index contributed by atoms with van der Waals surface area (Å²) in [6.07, 6.45) is 3.32. The lowest BCUT2D eigenvalue weighted by Gasteiger charge is -2.09. The monoisotopic (exact) mass is 273 g/mol. The molecular weight excluding hydrogens is 258 g/mol. The second-order valence-electron chi connectivity index (χ2n) is 4.37. The van der Waals surface area contributed by atoms with Crippen molar-refractivity contribution in [1.82, 2.24) is 10.3 Å². The number of nitrogens with zero attached hydrogens (tertiary/aromatic N) is 2. The van der Waals surface area contributed by atoms with E-state index in [-0.39, 0.29) is 5.69 Å². The van der Waals surface area contributed by atoms with Crippen LogP contribution in [0.25, 0.3) is 0 Å². The molecule has 104 valence electrons. The van der Waals surface area contributed by atoms with Gasteiger partial charge in [0.2, 0.25) is 0 Å². The van der Waals surface area contributed by atoms with Crippen molar-refractivity contribution >= 4 is 5.69 Å². The maximum Gasteiger partial charge on any atom is 0.273 e. The van der Waals surface area contributed by atoms with Gasteiger partial charge in [-0.1, -0.05) is 0 Å². The van der Waals surface area contributed by atoms with Gasteiger partial charge in [-0.25, -0.2) is 0 Å². The average Bonchev–Trinajstić information content (AvgIpc) is 2.42. The Bertz CT molecular complexity index is 629. The third kappa shape index (κ3) is 3.30. The van der Waals surface area contributed by atoms with Crippen LogP contribution in [0.1, 0.15) is 11.1 Å². The van der Waals surface area contributed by atoms with Crippen molar-refractivity contribution in [1.29, 1.82) is 0 Å². The van der Waals surface area contributed by atoms with E-state index in [9.17, 15) is 10.1 Å². The molecule has 20 heavy (non-hydrogen) atoms. The molecule has 0 spiro atoms. The van der Waals surface area contributed by atoms with Crippen LogP contribution in [0, 0.1) is 17.0 Å². The van der Waals surface area contributed by atoms with E-state index >= 15 is 0 Å². The van der Waals surface area contributed by atoms with E-state index in [1.165, 1.54) is 12.1 Å². The first-order valence-corrected chi connectivity index (χ1v) is 6.11. The number of aromatic nitrogens is 1. The van der Waals surface area contributed by atoms with Gasteiger partial charge in [0, 0.05) is 18.8 Å². The molecule has 0 unspecified atom stereocenters. The highest BCUT2D eigenvalue weighted by Crippen LogP contribution is 2.28. The molecule has 6 nitrogen and oxygen atoms in total. The third-order valence-corrected chi connectivity index (χ3v) is 2.76. The van der Waals surface area contributed by atoms with Crippen molar-refractivity contribution in [2.24, 2.45) is 0 Å². The fraction of sp³-hybridized carbons (Fsp3) is 0.214. The molecule has 0 saturated carbocycles. The summed E-state index contributed by atoms with van der Waals surface area (Å²) in [4.78, 5) is 14.4. The molecule has 0 aliphatic heterocycles. The summed E-state index contributed by atoms with van der Waals surface area (Å²) >= 11 is 0. The number of non-ortho nitro benzene ring substituents is 1. The summed E-state index contributed by atoms with van der Waals surface area (Å²) in [5.74, 6) is 1.02. The summed E-state index contributed by atoms with van der Waals surface area (Å²) < 4.78 is 5.69. The van der Waals surface area contributed by atoms with Gasteiger partial charge in [-0.2, -0.15) is 0 Å². The van der Waals surface area contributed by atoms with Gasteiger partial charge < -0.3 is 10.1 Å². The van der Waals surface area contributed by atoms with Crippen molar-refractivity contribution < 1.29 is 9.66 Å². The van der Waals surface area contributed by atoms with Crippen LogP contribution in [0.4, 0.5) is 5.69 Å². The SMILES string of the molecule is CNCc1cncc(Oc2cc([N+](=O)[O-])ccc2C)c1. The lowest BCUT2D eigenvalue weighted by molar-refractivity contribution is -0.384. The van der Waals surface area contributed by atoms with Gasteiger partial charge in [0.15, 0.2) is 0 Å². The Hall–Kier alpha value is -2.47. The first-order valence-electron chi connectivity index (χ1n) is 6.11. The third-order valence-electron chi connectivity index (χ3n) is 2.76. The van der Waals surface area contributed by atoms with Crippen molar-refractivity contribution in [3.05, 3.63) is 57.9 Å². The van der Waals surface area contributed by atoms with Crippen LogP contribution >= 0.6 is 0 Å². The maximum atomic E-state index is 10.8. The number of benzene rings is 1. The highest BCUT2D eigenvalue weighted by Gasteiger charge is 2.10. The zero-order chi connectivity index (χ0) is 14.5. The molecule has 2 aromatic rings. The second-order valence-corrected chi connectivity index (χ2v) is 4.37. The molecule has 0 aliphatic rings. The minimum absolute atomic E-state index is 0.00457. The van der Waals surface area contributed by atoms with Crippen LogP contribution in [0.5, 0.6) is 11.5 Å². The number of ether oxygens (including phenoxy) is 1. The molecule has 6 heteroatoms. The van der Waals surface area contributed by atoms with Crippen LogP contribution in [0.3, 0.4) is 0 Å². The van der Waals surface area contributed by atoms with Crippen LogP contribution in [-0.2, 0) is 6.54 Å². The van der Waals surface area contributed by atoms with Gasteiger partial charge in [0.05, 0.1) is 17.2 Å². The van der Waals surface area contributed by atoms with Crippen molar-refractivity contribution in [3.63, 3.8) is 0 Å². The molecule has 1 aromatic carbocycles. The maximum absolute atomic E-state index is 10.8. The number of hydrogen-bond donors (Lipinski definition) is 1. The van der Waals surface area contributed by atoms with Gasteiger partial charge in [-0.3, -0.25) is 15.1 Å². The molecule has 1 aromatic heterocycles. The fourth-order valence-corrected chi connectivity index (χ4v) is 1.76. The topological polar surface area (TPSA) is 77.3 Å². The van der Waals surface area contributed by atoms with E-state index in [2.05, 4.69) is 10.3 Å². The summed E-state index contributed by atoms with van der Waals surface area (Å²) in [7, 11) is 1.85. The van der Waals surface area contributed by atoms with Crippen LogP contribution in [0.15, 0.2) is 36.7 Å².